The normalized spacial score (nSPS) is 12.4. The van der Waals surface area contributed by atoms with Crippen molar-refractivity contribution in [3.8, 4) is 0 Å². The second-order valence-electron chi connectivity index (χ2n) is 4.82. The number of nitrogens with zero attached hydrogens (tertiary/aromatic N) is 3. The molecule has 0 unspecified atom stereocenters. The van der Waals surface area contributed by atoms with E-state index in [2.05, 4.69) is 30.0 Å². The minimum Gasteiger partial charge on any atom is -0.389 e. The topological polar surface area (TPSA) is 41.3 Å². The van der Waals surface area contributed by atoms with Gasteiger partial charge in [-0.05, 0) is 27.3 Å². The molecule has 16 heavy (non-hydrogen) atoms. The van der Waals surface area contributed by atoms with Gasteiger partial charge in [-0.25, -0.2) is 0 Å². The first-order chi connectivity index (χ1) is 7.44. The lowest BCUT2D eigenvalue weighted by molar-refractivity contribution is 0.0353. The van der Waals surface area contributed by atoms with Crippen LogP contribution in [0.4, 0.5) is 0 Å². The Labute approximate surface area is 97.9 Å². The fourth-order valence-corrected chi connectivity index (χ4v) is 1.75. The summed E-state index contributed by atoms with van der Waals surface area (Å²) in [5.41, 5.74) is 0.560. The highest BCUT2D eigenvalue weighted by Crippen LogP contribution is 2.09. The third kappa shape index (κ3) is 4.33. The zero-order valence-corrected chi connectivity index (χ0v) is 10.8. The molecule has 4 nitrogen and oxygen atoms in total. The summed E-state index contributed by atoms with van der Waals surface area (Å²) < 4.78 is 1.92. The molecule has 0 radical (unpaired) electrons. The van der Waals surface area contributed by atoms with Crippen LogP contribution >= 0.6 is 0 Å². The summed E-state index contributed by atoms with van der Waals surface area (Å²) >= 11 is 0. The van der Waals surface area contributed by atoms with E-state index < -0.39 is 5.60 Å². The van der Waals surface area contributed by atoms with Gasteiger partial charge in [-0.1, -0.05) is 6.92 Å². The molecule has 1 rings (SSSR count). The number of hydrogen-bond acceptors (Lipinski definition) is 3. The zero-order chi connectivity index (χ0) is 12.2. The summed E-state index contributed by atoms with van der Waals surface area (Å²) in [5, 5.41) is 14.0. The molecule has 0 aliphatic rings. The number of rotatable bonds is 6. The molecule has 0 bridgehead atoms. The molecule has 0 atom stereocenters. The molecule has 0 saturated carbocycles. The average Bonchev–Trinajstić information content (AvgIpc) is 2.62. The molecule has 1 aromatic rings. The quantitative estimate of drug-likeness (QED) is 0.797. The molecule has 0 spiro atoms. The van der Waals surface area contributed by atoms with Gasteiger partial charge in [0.1, 0.15) is 0 Å². The van der Waals surface area contributed by atoms with Gasteiger partial charge in [0.15, 0.2) is 0 Å². The van der Waals surface area contributed by atoms with Gasteiger partial charge in [0.25, 0.3) is 0 Å². The fraction of sp³-hybridized carbons (Fsp3) is 0.750. The lowest BCUT2D eigenvalue weighted by Gasteiger charge is -2.27. The molecule has 1 heterocycles. The van der Waals surface area contributed by atoms with Crippen molar-refractivity contribution in [3.63, 3.8) is 0 Å². The minimum atomic E-state index is -0.642. The SMILES string of the molecule is CCN(Cc1cnn(CC)c1)CC(C)(C)O. The molecule has 0 saturated heterocycles. The van der Waals surface area contributed by atoms with Crippen LogP contribution in [-0.2, 0) is 13.1 Å². The smallest absolute Gasteiger partial charge is 0.0718 e. The molecule has 92 valence electrons. The Hall–Kier alpha value is -0.870. The lowest BCUT2D eigenvalue weighted by atomic mass is 10.1. The first-order valence-corrected chi connectivity index (χ1v) is 5.90. The Kier molecular flexibility index (Phi) is 4.50. The molecular weight excluding hydrogens is 202 g/mol. The molecule has 4 heteroatoms. The van der Waals surface area contributed by atoms with Crippen molar-refractivity contribution in [2.24, 2.45) is 0 Å². The maximum Gasteiger partial charge on any atom is 0.0718 e. The van der Waals surface area contributed by atoms with Crippen LogP contribution in [0.5, 0.6) is 0 Å². The van der Waals surface area contributed by atoms with Crippen molar-refractivity contribution in [2.45, 2.75) is 46.4 Å². The molecule has 0 aliphatic carbocycles. The van der Waals surface area contributed by atoms with Crippen molar-refractivity contribution in [3.05, 3.63) is 18.0 Å². The van der Waals surface area contributed by atoms with Crippen molar-refractivity contribution in [2.75, 3.05) is 13.1 Å². The van der Waals surface area contributed by atoms with E-state index in [-0.39, 0.29) is 0 Å². The van der Waals surface area contributed by atoms with Crippen molar-refractivity contribution in [1.29, 1.82) is 0 Å². The van der Waals surface area contributed by atoms with Crippen LogP contribution in [0.1, 0.15) is 33.3 Å². The summed E-state index contributed by atoms with van der Waals surface area (Å²) in [5.74, 6) is 0. The number of likely N-dealkylation sites (N-methyl/N-ethyl adjacent to an activating group) is 1. The summed E-state index contributed by atoms with van der Waals surface area (Å²) in [6.45, 7) is 11.2. The van der Waals surface area contributed by atoms with E-state index in [1.165, 1.54) is 5.56 Å². The summed E-state index contributed by atoms with van der Waals surface area (Å²) in [6, 6.07) is 0. The highest BCUT2D eigenvalue weighted by Gasteiger charge is 2.17. The van der Waals surface area contributed by atoms with Gasteiger partial charge < -0.3 is 5.11 Å². The van der Waals surface area contributed by atoms with Crippen LogP contribution in [0.2, 0.25) is 0 Å². The molecule has 0 aromatic carbocycles. The minimum absolute atomic E-state index is 0.642. The first kappa shape index (κ1) is 13.2. The zero-order valence-electron chi connectivity index (χ0n) is 10.8. The third-order valence-electron chi connectivity index (χ3n) is 2.47. The Morgan fingerprint density at radius 3 is 2.56 bits per heavy atom. The summed E-state index contributed by atoms with van der Waals surface area (Å²) in [7, 11) is 0. The van der Waals surface area contributed by atoms with E-state index >= 15 is 0 Å². The Morgan fingerprint density at radius 2 is 2.12 bits per heavy atom. The molecule has 1 aromatic heterocycles. The number of aliphatic hydroxyl groups is 1. The van der Waals surface area contributed by atoms with Gasteiger partial charge in [0.2, 0.25) is 0 Å². The van der Waals surface area contributed by atoms with E-state index in [0.29, 0.717) is 6.54 Å². The van der Waals surface area contributed by atoms with E-state index in [9.17, 15) is 5.11 Å². The lowest BCUT2D eigenvalue weighted by Crippen LogP contribution is -2.38. The Balaban J connectivity index is 2.56. The van der Waals surface area contributed by atoms with E-state index in [1.54, 1.807) is 0 Å². The van der Waals surface area contributed by atoms with Crippen molar-refractivity contribution >= 4 is 0 Å². The van der Waals surface area contributed by atoms with Crippen LogP contribution in [0, 0.1) is 0 Å². The maximum absolute atomic E-state index is 9.79. The van der Waals surface area contributed by atoms with Gasteiger partial charge in [-0.3, -0.25) is 9.58 Å². The molecule has 1 N–H and O–H groups in total. The van der Waals surface area contributed by atoms with Gasteiger partial charge >= 0.3 is 0 Å². The standard InChI is InChI=1S/C12H23N3O/c1-5-14(10-12(3,4)16)8-11-7-13-15(6-2)9-11/h7,9,16H,5-6,8,10H2,1-4H3. The first-order valence-electron chi connectivity index (χ1n) is 5.90. The Morgan fingerprint density at radius 1 is 1.44 bits per heavy atom. The maximum atomic E-state index is 9.79. The van der Waals surface area contributed by atoms with Gasteiger partial charge in [-0.15, -0.1) is 0 Å². The second kappa shape index (κ2) is 5.46. The molecule has 0 aliphatic heterocycles. The van der Waals surface area contributed by atoms with Crippen molar-refractivity contribution < 1.29 is 5.11 Å². The molecular formula is C12H23N3O. The van der Waals surface area contributed by atoms with E-state index in [0.717, 1.165) is 19.6 Å². The Bertz CT molecular complexity index is 314. The average molecular weight is 225 g/mol. The fourth-order valence-electron chi connectivity index (χ4n) is 1.75. The monoisotopic (exact) mass is 225 g/mol. The summed E-state index contributed by atoms with van der Waals surface area (Å²) in [4.78, 5) is 2.22. The number of aryl methyl sites for hydroxylation is 1. The van der Waals surface area contributed by atoms with Crippen molar-refractivity contribution in [1.82, 2.24) is 14.7 Å². The van der Waals surface area contributed by atoms with Crippen LogP contribution < -0.4 is 0 Å². The predicted molar refractivity (Wildman–Crippen MR) is 65.1 cm³/mol. The molecule has 0 amide bonds. The third-order valence-corrected chi connectivity index (χ3v) is 2.47. The van der Waals surface area contributed by atoms with E-state index in [4.69, 9.17) is 0 Å². The van der Waals surface area contributed by atoms with Crippen LogP contribution in [0.3, 0.4) is 0 Å². The van der Waals surface area contributed by atoms with E-state index in [1.807, 2.05) is 24.7 Å². The van der Waals surface area contributed by atoms with Crippen LogP contribution in [-0.4, -0.2) is 38.5 Å². The van der Waals surface area contributed by atoms with Crippen LogP contribution in [0.25, 0.3) is 0 Å². The summed E-state index contributed by atoms with van der Waals surface area (Å²) in [6.07, 6.45) is 3.96. The largest absolute Gasteiger partial charge is 0.389 e. The molecule has 0 fully saturated rings. The number of hydrogen-bond donors (Lipinski definition) is 1. The van der Waals surface area contributed by atoms with Crippen LogP contribution in [0.15, 0.2) is 12.4 Å². The van der Waals surface area contributed by atoms with Gasteiger partial charge in [0.05, 0.1) is 11.8 Å². The predicted octanol–water partition coefficient (Wildman–Crippen LogP) is 1.50. The number of aromatic nitrogens is 2. The van der Waals surface area contributed by atoms with Gasteiger partial charge in [0, 0.05) is 31.4 Å². The highest BCUT2D eigenvalue weighted by molar-refractivity contribution is 5.03. The highest BCUT2D eigenvalue weighted by atomic mass is 16.3. The van der Waals surface area contributed by atoms with Gasteiger partial charge in [-0.2, -0.15) is 5.10 Å². The second-order valence-corrected chi connectivity index (χ2v) is 4.82.